The van der Waals surface area contributed by atoms with E-state index < -0.39 is 5.97 Å². The third kappa shape index (κ3) is 4.42. The van der Waals surface area contributed by atoms with Gasteiger partial charge in [0.1, 0.15) is 5.82 Å². The molecule has 6 heteroatoms. The maximum Gasteiger partial charge on any atom is 0.336 e. The normalized spacial score (nSPS) is 14.7. The van der Waals surface area contributed by atoms with E-state index in [9.17, 15) is 9.90 Å². The summed E-state index contributed by atoms with van der Waals surface area (Å²) in [7, 11) is 0. The Morgan fingerprint density at radius 1 is 1.13 bits per heavy atom. The van der Waals surface area contributed by atoms with Crippen molar-refractivity contribution in [3.05, 3.63) is 65.4 Å². The first-order valence-corrected chi connectivity index (χ1v) is 10.9. The minimum Gasteiger partial charge on any atom is -0.478 e. The van der Waals surface area contributed by atoms with Crippen molar-refractivity contribution >= 4 is 5.97 Å². The van der Waals surface area contributed by atoms with Crippen LogP contribution in [0.1, 0.15) is 78.9 Å². The van der Waals surface area contributed by atoms with Crippen LogP contribution in [0.2, 0.25) is 0 Å². The number of hydrogen-bond donors (Lipinski definition) is 1. The number of hydrogen-bond acceptors (Lipinski definition) is 4. The molecule has 0 unspecified atom stereocenters. The van der Waals surface area contributed by atoms with Crippen molar-refractivity contribution in [2.45, 2.75) is 64.3 Å². The van der Waals surface area contributed by atoms with Gasteiger partial charge >= 0.3 is 5.97 Å². The number of rotatable bonds is 7. The van der Waals surface area contributed by atoms with Gasteiger partial charge in [-0.1, -0.05) is 50.5 Å². The molecule has 0 amide bonds. The molecule has 1 aromatic carbocycles. The average molecular weight is 405 g/mol. The van der Waals surface area contributed by atoms with E-state index in [1.165, 1.54) is 32.1 Å². The number of aromatic nitrogens is 4. The zero-order chi connectivity index (χ0) is 20.9. The molecule has 30 heavy (non-hydrogen) atoms. The van der Waals surface area contributed by atoms with E-state index in [0.29, 0.717) is 23.6 Å². The van der Waals surface area contributed by atoms with E-state index >= 15 is 0 Å². The summed E-state index contributed by atoms with van der Waals surface area (Å²) in [6.07, 6.45) is 9.75. The van der Waals surface area contributed by atoms with Gasteiger partial charge in [-0.3, -0.25) is 4.98 Å². The van der Waals surface area contributed by atoms with Gasteiger partial charge in [0, 0.05) is 30.6 Å². The Morgan fingerprint density at radius 2 is 1.93 bits per heavy atom. The van der Waals surface area contributed by atoms with E-state index in [4.69, 9.17) is 10.1 Å². The molecule has 1 N–H and O–H groups in total. The lowest BCUT2D eigenvalue weighted by molar-refractivity contribution is 0.0697. The van der Waals surface area contributed by atoms with E-state index in [2.05, 4.69) is 16.6 Å². The Bertz CT molecular complexity index is 1000. The topological polar surface area (TPSA) is 80.9 Å². The first-order chi connectivity index (χ1) is 14.7. The minimum absolute atomic E-state index is 0.262. The molecule has 4 rings (SSSR count). The zero-order valence-corrected chi connectivity index (χ0v) is 17.4. The first-order valence-electron chi connectivity index (χ1n) is 10.9. The van der Waals surface area contributed by atoms with Crippen LogP contribution in [0, 0.1) is 0 Å². The van der Waals surface area contributed by atoms with Crippen molar-refractivity contribution in [3.63, 3.8) is 0 Å². The molecular formula is C24H28N4O2. The second-order valence-electron chi connectivity index (χ2n) is 8.02. The van der Waals surface area contributed by atoms with Crippen LogP contribution >= 0.6 is 0 Å². The minimum atomic E-state index is -0.945. The third-order valence-corrected chi connectivity index (χ3v) is 5.79. The SMILES string of the molecule is CCCn1nc(C2CCCCC2)nc1Cc1ccc(-c2ccccc2C(=O)O)nc1. The molecule has 0 saturated heterocycles. The number of aromatic carboxylic acids is 1. The third-order valence-electron chi connectivity index (χ3n) is 5.79. The van der Waals surface area contributed by atoms with Gasteiger partial charge in [0.25, 0.3) is 0 Å². The standard InChI is InChI=1S/C24H28N4O2/c1-2-14-28-22(26-23(27-28)18-8-4-3-5-9-18)15-17-12-13-21(25-16-17)19-10-6-7-11-20(19)24(29)30/h6-7,10-13,16,18H,2-5,8-9,14-15H2,1H3,(H,29,30). The van der Waals surface area contributed by atoms with Crippen LogP contribution < -0.4 is 0 Å². The van der Waals surface area contributed by atoms with E-state index in [1.54, 1.807) is 18.2 Å². The number of benzene rings is 1. The summed E-state index contributed by atoms with van der Waals surface area (Å²) in [6, 6.07) is 10.8. The number of aryl methyl sites for hydroxylation is 1. The van der Waals surface area contributed by atoms with Gasteiger partial charge in [0.15, 0.2) is 5.82 Å². The molecule has 1 saturated carbocycles. The van der Waals surface area contributed by atoms with Crippen LogP contribution in [0.3, 0.4) is 0 Å². The highest BCUT2D eigenvalue weighted by Gasteiger charge is 2.21. The fraction of sp³-hybridized carbons (Fsp3) is 0.417. The van der Waals surface area contributed by atoms with Crippen molar-refractivity contribution in [2.24, 2.45) is 0 Å². The predicted octanol–water partition coefficient (Wildman–Crippen LogP) is 5.09. The van der Waals surface area contributed by atoms with Crippen LogP contribution in [0.15, 0.2) is 42.6 Å². The summed E-state index contributed by atoms with van der Waals surface area (Å²) < 4.78 is 2.05. The monoisotopic (exact) mass is 404 g/mol. The molecule has 0 radical (unpaired) electrons. The van der Waals surface area contributed by atoms with Gasteiger partial charge in [0.05, 0.1) is 11.3 Å². The molecule has 1 fully saturated rings. The van der Waals surface area contributed by atoms with Gasteiger partial charge in [-0.2, -0.15) is 5.10 Å². The second kappa shape index (κ2) is 9.20. The Morgan fingerprint density at radius 3 is 2.63 bits per heavy atom. The molecule has 1 aliphatic carbocycles. The Hall–Kier alpha value is -3.02. The van der Waals surface area contributed by atoms with Gasteiger partial charge in [-0.15, -0.1) is 0 Å². The van der Waals surface area contributed by atoms with Crippen molar-refractivity contribution in [2.75, 3.05) is 0 Å². The Labute approximate surface area is 177 Å². The van der Waals surface area contributed by atoms with Crippen molar-refractivity contribution in [1.29, 1.82) is 0 Å². The van der Waals surface area contributed by atoms with Crippen LogP contribution in [0.5, 0.6) is 0 Å². The van der Waals surface area contributed by atoms with Crippen molar-refractivity contribution in [3.8, 4) is 11.3 Å². The maximum absolute atomic E-state index is 11.5. The average Bonchev–Trinajstić information content (AvgIpc) is 3.17. The number of pyridine rings is 1. The molecule has 6 nitrogen and oxygen atoms in total. The molecule has 1 aliphatic rings. The summed E-state index contributed by atoms with van der Waals surface area (Å²) in [5.41, 5.74) is 2.60. The fourth-order valence-corrected chi connectivity index (χ4v) is 4.21. The largest absolute Gasteiger partial charge is 0.478 e. The zero-order valence-electron chi connectivity index (χ0n) is 17.4. The van der Waals surface area contributed by atoms with Crippen molar-refractivity contribution < 1.29 is 9.90 Å². The van der Waals surface area contributed by atoms with Gasteiger partial charge < -0.3 is 5.11 Å². The van der Waals surface area contributed by atoms with E-state index in [1.807, 2.05) is 24.4 Å². The molecule has 0 aliphatic heterocycles. The van der Waals surface area contributed by atoms with Gasteiger partial charge in [0.2, 0.25) is 0 Å². The lowest BCUT2D eigenvalue weighted by Crippen LogP contribution is -2.08. The van der Waals surface area contributed by atoms with Crippen LogP contribution in [0.4, 0.5) is 0 Å². The summed E-state index contributed by atoms with van der Waals surface area (Å²) in [6.45, 7) is 3.02. The Balaban J connectivity index is 1.56. The summed E-state index contributed by atoms with van der Waals surface area (Å²) >= 11 is 0. The molecular weight excluding hydrogens is 376 g/mol. The van der Waals surface area contributed by atoms with E-state index in [-0.39, 0.29) is 5.56 Å². The van der Waals surface area contributed by atoms with Gasteiger partial charge in [-0.05, 0) is 37.0 Å². The Kier molecular flexibility index (Phi) is 6.21. The molecule has 2 heterocycles. The molecule has 0 atom stereocenters. The lowest BCUT2D eigenvalue weighted by atomic mass is 9.89. The highest BCUT2D eigenvalue weighted by molar-refractivity contribution is 5.95. The lowest BCUT2D eigenvalue weighted by Gasteiger charge is -2.18. The number of carboxylic acids is 1. The smallest absolute Gasteiger partial charge is 0.336 e. The predicted molar refractivity (Wildman–Crippen MR) is 116 cm³/mol. The fourth-order valence-electron chi connectivity index (χ4n) is 4.21. The van der Waals surface area contributed by atoms with Crippen LogP contribution in [0.25, 0.3) is 11.3 Å². The first kappa shape index (κ1) is 20.3. The summed E-state index contributed by atoms with van der Waals surface area (Å²) in [5, 5.41) is 14.3. The molecule has 156 valence electrons. The van der Waals surface area contributed by atoms with Crippen molar-refractivity contribution in [1.82, 2.24) is 19.7 Å². The second-order valence-corrected chi connectivity index (χ2v) is 8.02. The van der Waals surface area contributed by atoms with E-state index in [0.717, 1.165) is 30.2 Å². The number of carboxylic acid groups (broad SMARTS) is 1. The molecule has 2 aromatic heterocycles. The molecule has 0 spiro atoms. The quantitative estimate of drug-likeness (QED) is 0.593. The molecule has 0 bridgehead atoms. The van der Waals surface area contributed by atoms with Crippen LogP contribution in [-0.2, 0) is 13.0 Å². The van der Waals surface area contributed by atoms with Crippen LogP contribution in [-0.4, -0.2) is 30.8 Å². The maximum atomic E-state index is 11.5. The number of nitrogens with zero attached hydrogens (tertiary/aromatic N) is 4. The number of carbonyl (C=O) groups is 1. The highest BCUT2D eigenvalue weighted by Crippen LogP contribution is 2.31. The summed E-state index contributed by atoms with van der Waals surface area (Å²) in [5.74, 6) is 1.53. The van der Waals surface area contributed by atoms with Gasteiger partial charge in [-0.25, -0.2) is 14.5 Å². The molecule has 3 aromatic rings. The summed E-state index contributed by atoms with van der Waals surface area (Å²) in [4.78, 5) is 20.9. The highest BCUT2D eigenvalue weighted by atomic mass is 16.4.